The maximum Gasteiger partial charge on any atom is 0.306 e. The van der Waals surface area contributed by atoms with E-state index >= 15 is 0 Å². The van der Waals surface area contributed by atoms with Gasteiger partial charge in [0.2, 0.25) is 0 Å². The molecule has 0 atom stereocenters. The van der Waals surface area contributed by atoms with Gasteiger partial charge in [-0.3, -0.25) is 9.59 Å². The predicted molar refractivity (Wildman–Crippen MR) is 60.7 cm³/mol. The van der Waals surface area contributed by atoms with Crippen LogP contribution in [-0.2, 0) is 19.1 Å². The number of methoxy groups -OCH3 is 1. The Morgan fingerprint density at radius 3 is 2.12 bits per heavy atom. The van der Waals surface area contributed by atoms with Crippen LogP contribution >= 0.6 is 0 Å². The standard InChI is InChI=1S/C12H21O4/c1-11(13)16-10-8-6-4-3-5-7-9-12(14)15-2/h1,3-10H2,2H3. The van der Waals surface area contributed by atoms with Crippen LogP contribution in [0.2, 0.25) is 0 Å². The molecule has 1 radical (unpaired) electrons. The van der Waals surface area contributed by atoms with Gasteiger partial charge in [0.1, 0.15) is 0 Å². The van der Waals surface area contributed by atoms with Crippen molar-refractivity contribution in [1.29, 1.82) is 0 Å². The Labute approximate surface area is 97.3 Å². The van der Waals surface area contributed by atoms with Crippen molar-refractivity contribution in [3.8, 4) is 0 Å². The summed E-state index contributed by atoms with van der Waals surface area (Å²) >= 11 is 0. The summed E-state index contributed by atoms with van der Waals surface area (Å²) in [6, 6.07) is 0. The number of ether oxygens (including phenoxy) is 2. The summed E-state index contributed by atoms with van der Waals surface area (Å²) in [6.45, 7) is 3.58. The molecule has 0 aromatic carbocycles. The zero-order valence-corrected chi connectivity index (χ0v) is 10.00. The van der Waals surface area contributed by atoms with Gasteiger partial charge in [-0.15, -0.1) is 0 Å². The van der Waals surface area contributed by atoms with Crippen molar-refractivity contribution in [1.82, 2.24) is 0 Å². The SMILES string of the molecule is [CH2]C(=O)OCCCCCCCCC(=O)OC. The molecule has 16 heavy (non-hydrogen) atoms. The second-order valence-corrected chi connectivity index (χ2v) is 3.67. The van der Waals surface area contributed by atoms with Crippen molar-refractivity contribution < 1.29 is 19.1 Å². The van der Waals surface area contributed by atoms with E-state index in [4.69, 9.17) is 4.74 Å². The van der Waals surface area contributed by atoms with Crippen molar-refractivity contribution in [2.75, 3.05) is 13.7 Å². The number of rotatable bonds is 9. The van der Waals surface area contributed by atoms with Crippen molar-refractivity contribution >= 4 is 11.9 Å². The molecule has 0 N–H and O–H groups in total. The number of hydrogen-bond acceptors (Lipinski definition) is 4. The summed E-state index contributed by atoms with van der Waals surface area (Å²) in [5.74, 6) is -0.597. The Balaban J connectivity index is 3.04. The molecule has 0 amide bonds. The van der Waals surface area contributed by atoms with Crippen LogP contribution in [0.15, 0.2) is 0 Å². The van der Waals surface area contributed by atoms with E-state index in [-0.39, 0.29) is 5.97 Å². The molecule has 0 heterocycles. The van der Waals surface area contributed by atoms with Gasteiger partial charge in [-0.05, 0) is 12.8 Å². The molecule has 0 aliphatic heterocycles. The minimum atomic E-state index is -0.460. The molecule has 0 spiro atoms. The summed E-state index contributed by atoms with van der Waals surface area (Å²) in [5, 5.41) is 0. The lowest BCUT2D eigenvalue weighted by Crippen LogP contribution is -2.00. The molecule has 0 aromatic rings. The summed E-state index contributed by atoms with van der Waals surface area (Å²) in [4.78, 5) is 21.1. The van der Waals surface area contributed by atoms with E-state index in [2.05, 4.69) is 11.7 Å². The van der Waals surface area contributed by atoms with Gasteiger partial charge >= 0.3 is 11.9 Å². The Hall–Kier alpha value is -1.06. The average Bonchev–Trinajstić information content (AvgIpc) is 2.26. The first-order valence-electron chi connectivity index (χ1n) is 5.72. The van der Waals surface area contributed by atoms with Gasteiger partial charge in [-0.1, -0.05) is 25.7 Å². The Morgan fingerprint density at radius 2 is 1.56 bits per heavy atom. The summed E-state index contributed by atoms with van der Waals surface area (Å²) in [6.07, 6.45) is 6.59. The summed E-state index contributed by atoms with van der Waals surface area (Å²) in [5.41, 5.74) is 0. The van der Waals surface area contributed by atoms with Crippen molar-refractivity contribution in [3.05, 3.63) is 6.92 Å². The van der Waals surface area contributed by atoms with Crippen LogP contribution in [-0.4, -0.2) is 25.7 Å². The quantitative estimate of drug-likeness (QED) is 0.449. The molecule has 0 bridgehead atoms. The van der Waals surface area contributed by atoms with E-state index in [1.54, 1.807) is 0 Å². The highest BCUT2D eigenvalue weighted by atomic mass is 16.5. The monoisotopic (exact) mass is 229 g/mol. The molecule has 93 valence electrons. The van der Waals surface area contributed by atoms with Crippen molar-refractivity contribution in [2.45, 2.75) is 44.9 Å². The first-order valence-corrected chi connectivity index (χ1v) is 5.72. The molecule has 0 fully saturated rings. The first kappa shape index (κ1) is 14.9. The van der Waals surface area contributed by atoms with Crippen molar-refractivity contribution in [3.63, 3.8) is 0 Å². The normalized spacial score (nSPS) is 9.88. The minimum absolute atomic E-state index is 0.137. The molecule has 4 heteroatoms. The molecule has 0 unspecified atom stereocenters. The van der Waals surface area contributed by atoms with Crippen LogP contribution in [0.5, 0.6) is 0 Å². The van der Waals surface area contributed by atoms with E-state index in [1.165, 1.54) is 7.11 Å². The lowest BCUT2D eigenvalue weighted by Gasteiger charge is -2.02. The number of carbonyl (C=O) groups is 2. The second-order valence-electron chi connectivity index (χ2n) is 3.67. The van der Waals surface area contributed by atoms with E-state index < -0.39 is 5.97 Å². The Kier molecular flexibility index (Phi) is 9.76. The van der Waals surface area contributed by atoms with Crippen molar-refractivity contribution in [2.24, 2.45) is 0 Å². The summed E-state index contributed by atoms with van der Waals surface area (Å²) < 4.78 is 9.24. The molecule has 0 aliphatic carbocycles. The fourth-order valence-corrected chi connectivity index (χ4v) is 1.37. The number of carbonyl (C=O) groups excluding carboxylic acids is 2. The fraction of sp³-hybridized carbons (Fsp3) is 0.750. The lowest BCUT2D eigenvalue weighted by atomic mass is 10.1. The predicted octanol–water partition coefficient (Wildman–Crippen LogP) is 2.27. The van der Waals surface area contributed by atoms with E-state index in [9.17, 15) is 9.59 Å². The second kappa shape index (κ2) is 10.5. The molecular formula is C12H21O4. The topological polar surface area (TPSA) is 52.6 Å². The number of esters is 2. The highest BCUT2D eigenvalue weighted by Gasteiger charge is 1.99. The van der Waals surface area contributed by atoms with Gasteiger partial charge in [-0.2, -0.15) is 0 Å². The van der Waals surface area contributed by atoms with Gasteiger partial charge in [-0.25, -0.2) is 0 Å². The third kappa shape index (κ3) is 11.0. The highest BCUT2D eigenvalue weighted by Crippen LogP contribution is 2.07. The van der Waals surface area contributed by atoms with Crippen LogP contribution in [0.3, 0.4) is 0 Å². The Bertz CT molecular complexity index is 201. The zero-order chi connectivity index (χ0) is 12.2. The van der Waals surface area contributed by atoms with Gasteiger partial charge in [0.05, 0.1) is 20.6 Å². The molecule has 0 aliphatic rings. The van der Waals surface area contributed by atoms with Crippen LogP contribution in [0.4, 0.5) is 0 Å². The van der Waals surface area contributed by atoms with Gasteiger partial charge < -0.3 is 9.47 Å². The fourth-order valence-electron chi connectivity index (χ4n) is 1.37. The van der Waals surface area contributed by atoms with Crippen LogP contribution < -0.4 is 0 Å². The molecular weight excluding hydrogens is 208 g/mol. The minimum Gasteiger partial charge on any atom is -0.469 e. The average molecular weight is 229 g/mol. The Morgan fingerprint density at radius 1 is 1.00 bits per heavy atom. The lowest BCUT2D eigenvalue weighted by molar-refractivity contribution is -0.141. The maximum atomic E-state index is 10.8. The van der Waals surface area contributed by atoms with Crippen LogP contribution in [0.1, 0.15) is 44.9 Å². The van der Waals surface area contributed by atoms with E-state index in [1.807, 2.05) is 0 Å². The number of unbranched alkanes of at least 4 members (excludes halogenated alkanes) is 5. The summed E-state index contributed by atoms with van der Waals surface area (Å²) in [7, 11) is 1.41. The van der Waals surface area contributed by atoms with Crippen LogP contribution in [0.25, 0.3) is 0 Å². The van der Waals surface area contributed by atoms with E-state index in [0.29, 0.717) is 13.0 Å². The zero-order valence-electron chi connectivity index (χ0n) is 10.00. The molecule has 0 saturated carbocycles. The van der Waals surface area contributed by atoms with Gasteiger partial charge in [0.25, 0.3) is 0 Å². The molecule has 4 nitrogen and oxygen atoms in total. The molecule has 0 saturated heterocycles. The van der Waals surface area contributed by atoms with Gasteiger partial charge in [0.15, 0.2) is 0 Å². The van der Waals surface area contributed by atoms with Gasteiger partial charge in [0, 0.05) is 6.42 Å². The maximum absolute atomic E-state index is 10.8. The highest BCUT2D eigenvalue weighted by molar-refractivity contribution is 5.73. The number of hydrogen-bond donors (Lipinski definition) is 0. The first-order chi connectivity index (χ1) is 7.66. The third-order valence-electron chi connectivity index (χ3n) is 2.27. The smallest absolute Gasteiger partial charge is 0.306 e. The molecule has 0 aromatic heterocycles. The van der Waals surface area contributed by atoms with E-state index in [0.717, 1.165) is 38.5 Å². The van der Waals surface area contributed by atoms with Crippen LogP contribution in [0, 0.1) is 6.92 Å². The molecule has 0 rings (SSSR count). The third-order valence-corrected chi connectivity index (χ3v) is 2.27. The largest absolute Gasteiger partial charge is 0.469 e.